The van der Waals surface area contributed by atoms with E-state index in [1.807, 2.05) is 0 Å². The molecule has 1 fully saturated rings. The van der Waals surface area contributed by atoms with E-state index in [0.29, 0.717) is 11.8 Å². The van der Waals surface area contributed by atoms with E-state index < -0.39 is 11.6 Å². The molecule has 0 spiro atoms. The largest absolute Gasteiger partial charge is 0.204 e. The van der Waals surface area contributed by atoms with Crippen LogP contribution in [0.3, 0.4) is 0 Å². The highest BCUT2D eigenvalue weighted by Gasteiger charge is 2.27. The summed E-state index contributed by atoms with van der Waals surface area (Å²) in [5, 5.41) is 0.166. The van der Waals surface area contributed by atoms with Crippen molar-refractivity contribution in [1.29, 1.82) is 0 Å². The summed E-state index contributed by atoms with van der Waals surface area (Å²) in [7, 11) is 0. The number of hydrogen-bond donors (Lipinski definition) is 0. The number of rotatable bonds is 2. The summed E-state index contributed by atoms with van der Waals surface area (Å²) < 4.78 is 25.9. The van der Waals surface area contributed by atoms with Crippen LogP contribution < -0.4 is 0 Å². The standard InChI is InChI=1S/C14H17ClF2/c1-9-2-4-12(15)11(6-9)7-10-3-5-13(16)14(17)8-10/h3,5,8-9,11-12H,2,4,6-7H2,1H3. The summed E-state index contributed by atoms with van der Waals surface area (Å²) in [4.78, 5) is 0. The molecule has 3 heteroatoms. The average molecular weight is 259 g/mol. The highest BCUT2D eigenvalue weighted by molar-refractivity contribution is 6.20. The maximum Gasteiger partial charge on any atom is 0.159 e. The van der Waals surface area contributed by atoms with E-state index in [2.05, 4.69) is 6.92 Å². The van der Waals surface area contributed by atoms with Crippen molar-refractivity contribution < 1.29 is 8.78 Å². The lowest BCUT2D eigenvalue weighted by molar-refractivity contribution is 0.287. The Labute approximate surface area is 106 Å². The van der Waals surface area contributed by atoms with Gasteiger partial charge < -0.3 is 0 Å². The van der Waals surface area contributed by atoms with Crippen molar-refractivity contribution in [2.75, 3.05) is 0 Å². The van der Waals surface area contributed by atoms with Crippen molar-refractivity contribution >= 4 is 11.6 Å². The number of halogens is 3. The van der Waals surface area contributed by atoms with Crippen molar-refractivity contribution in [2.45, 2.75) is 38.0 Å². The fourth-order valence-electron chi connectivity index (χ4n) is 2.64. The third-order valence-corrected chi connectivity index (χ3v) is 4.21. The van der Waals surface area contributed by atoms with E-state index in [0.717, 1.165) is 24.8 Å². The van der Waals surface area contributed by atoms with Crippen LogP contribution in [-0.2, 0) is 6.42 Å². The van der Waals surface area contributed by atoms with Crippen LogP contribution in [0.1, 0.15) is 31.7 Å². The van der Waals surface area contributed by atoms with Gasteiger partial charge in [0, 0.05) is 5.38 Å². The smallest absolute Gasteiger partial charge is 0.159 e. The van der Waals surface area contributed by atoms with Crippen LogP contribution >= 0.6 is 11.6 Å². The third-order valence-electron chi connectivity index (χ3n) is 3.63. The maximum absolute atomic E-state index is 13.1. The van der Waals surface area contributed by atoms with Crippen LogP contribution in [0.25, 0.3) is 0 Å². The second-order valence-corrected chi connectivity index (χ2v) is 5.71. The van der Waals surface area contributed by atoms with Gasteiger partial charge in [-0.05, 0) is 55.2 Å². The van der Waals surface area contributed by atoms with Crippen LogP contribution in [0, 0.1) is 23.5 Å². The average Bonchev–Trinajstić information content (AvgIpc) is 2.29. The van der Waals surface area contributed by atoms with Crippen LogP contribution in [-0.4, -0.2) is 5.38 Å². The predicted octanol–water partition coefficient (Wildman–Crippen LogP) is 4.55. The fraction of sp³-hybridized carbons (Fsp3) is 0.571. The van der Waals surface area contributed by atoms with E-state index in [1.54, 1.807) is 6.07 Å². The first-order valence-corrected chi connectivity index (χ1v) is 6.58. The number of hydrogen-bond acceptors (Lipinski definition) is 0. The van der Waals surface area contributed by atoms with Crippen molar-refractivity contribution in [2.24, 2.45) is 11.8 Å². The molecule has 0 saturated heterocycles. The van der Waals surface area contributed by atoms with E-state index in [-0.39, 0.29) is 5.38 Å². The molecule has 0 aromatic heterocycles. The lowest BCUT2D eigenvalue weighted by Crippen LogP contribution is -2.26. The molecule has 0 radical (unpaired) electrons. The lowest BCUT2D eigenvalue weighted by Gasteiger charge is -2.31. The topological polar surface area (TPSA) is 0 Å². The van der Waals surface area contributed by atoms with Crippen LogP contribution in [0.2, 0.25) is 0 Å². The molecule has 94 valence electrons. The van der Waals surface area contributed by atoms with Crippen molar-refractivity contribution in [3.8, 4) is 0 Å². The lowest BCUT2D eigenvalue weighted by atomic mass is 9.79. The minimum Gasteiger partial charge on any atom is -0.204 e. The molecule has 1 aromatic rings. The van der Waals surface area contributed by atoms with Gasteiger partial charge >= 0.3 is 0 Å². The van der Waals surface area contributed by atoms with Gasteiger partial charge in [-0.25, -0.2) is 8.78 Å². The van der Waals surface area contributed by atoms with Crippen LogP contribution in [0.5, 0.6) is 0 Å². The van der Waals surface area contributed by atoms with E-state index in [4.69, 9.17) is 11.6 Å². The zero-order valence-electron chi connectivity index (χ0n) is 9.93. The molecule has 0 N–H and O–H groups in total. The van der Waals surface area contributed by atoms with Gasteiger partial charge in [-0.3, -0.25) is 0 Å². The van der Waals surface area contributed by atoms with Gasteiger partial charge in [-0.1, -0.05) is 13.0 Å². The molecule has 1 aromatic carbocycles. The molecule has 2 rings (SSSR count). The molecule has 3 unspecified atom stereocenters. The Hall–Kier alpha value is -0.630. The second-order valence-electron chi connectivity index (χ2n) is 5.15. The van der Waals surface area contributed by atoms with E-state index in [1.165, 1.54) is 18.6 Å². The van der Waals surface area contributed by atoms with E-state index in [9.17, 15) is 8.78 Å². The zero-order valence-corrected chi connectivity index (χ0v) is 10.7. The monoisotopic (exact) mass is 258 g/mol. The Bertz CT molecular complexity index is 392. The quantitative estimate of drug-likeness (QED) is 0.683. The highest BCUT2D eigenvalue weighted by atomic mass is 35.5. The molecule has 0 heterocycles. The first-order chi connectivity index (χ1) is 8.06. The van der Waals surface area contributed by atoms with Crippen molar-refractivity contribution in [3.63, 3.8) is 0 Å². The molecule has 0 aliphatic heterocycles. The molecule has 17 heavy (non-hydrogen) atoms. The molecule has 1 saturated carbocycles. The van der Waals surface area contributed by atoms with Gasteiger partial charge in [-0.2, -0.15) is 0 Å². The molecule has 3 atom stereocenters. The molecule has 1 aliphatic rings. The second kappa shape index (κ2) is 5.34. The van der Waals surface area contributed by atoms with Gasteiger partial charge in [0.25, 0.3) is 0 Å². The van der Waals surface area contributed by atoms with Gasteiger partial charge in [-0.15, -0.1) is 11.6 Å². The normalized spacial score (nSPS) is 29.3. The molecular formula is C14H17ClF2. The van der Waals surface area contributed by atoms with Gasteiger partial charge in [0.1, 0.15) is 0 Å². The minimum atomic E-state index is -0.784. The highest BCUT2D eigenvalue weighted by Crippen LogP contribution is 2.34. The van der Waals surface area contributed by atoms with Crippen LogP contribution in [0.4, 0.5) is 8.78 Å². The Morgan fingerprint density at radius 1 is 1.24 bits per heavy atom. The summed E-state index contributed by atoms with van der Waals surface area (Å²) in [6.07, 6.45) is 4.02. The van der Waals surface area contributed by atoms with Gasteiger partial charge in [0.15, 0.2) is 11.6 Å². The summed E-state index contributed by atoms with van der Waals surface area (Å²) in [5.41, 5.74) is 0.841. The number of alkyl halides is 1. The van der Waals surface area contributed by atoms with Gasteiger partial charge in [0.2, 0.25) is 0 Å². The summed E-state index contributed by atoms with van der Waals surface area (Å²) in [6, 6.07) is 4.14. The molecular weight excluding hydrogens is 242 g/mol. The van der Waals surface area contributed by atoms with Crippen molar-refractivity contribution in [3.05, 3.63) is 35.4 Å². The Kier molecular flexibility index (Phi) is 4.03. The maximum atomic E-state index is 13.1. The fourth-order valence-corrected chi connectivity index (χ4v) is 2.96. The SMILES string of the molecule is CC1CCC(Cl)C(Cc2ccc(F)c(F)c2)C1. The summed E-state index contributed by atoms with van der Waals surface area (Å²) >= 11 is 6.30. The predicted molar refractivity (Wildman–Crippen MR) is 66.2 cm³/mol. The zero-order chi connectivity index (χ0) is 12.4. The summed E-state index contributed by atoms with van der Waals surface area (Å²) in [6.45, 7) is 2.22. The molecule has 1 aliphatic carbocycles. The van der Waals surface area contributed by atoms with Crippen LogP contribution in [0.15, 0.2) is 18.2 Å². The minimum absolute atomic E-state index is 0.166. The van der Waals surface area contributed by atoms with Crippen molar-refractivity contribution in [1.82, 2.24) is 0 Å². The summed E-state index contributed by atoms with van der Waals surface area (Å²) in [5.74, 6) is -0.490. The Balaban J connectivity index is 2.06. The first-order valence-electron chi connectivity index (χ1n) is 6.14. The van der Waals surface area contributed by atoms with Gasteiger partial charge in [0.05, 0.1) is 0 Å². The molecule has 0 nitrogen and oxygen atoms in total. The first kappa shape index (κ1) is 12.8. The van der Waals surface area contributed by atoms with E-state index >= 15 is 0 Å². The Morgan fingerprint density at radius 2 is 2.00 bits per heavy atom. The Morgan fingerprint density at radius 3 is 2.71 bits per heavy atom. The molecule has 0 amide bonds. The molecule has 0 bridgehead atoms. The third kappa shape index (κ3) is 3.19. The number of benzene rings is 1.